The van der Waals surface area contributed by atoms with Gasteiger partial charge in [0.25, 0.3) is 0 Å². The van der Waals surface area contributed by atoms with Crippen molar-refractivity contribution in [2.45, 2.75) is 73.7 Å². The number of halogens is 4. The lowest BCUT2D eigenvalue weighted by Crippen LogP contribution is -2.41. The molecule has 37 heavy (non-hydrogen) atoms. The first kappa shape index (κ1) is 30.2. The van der Waals surface area contributed by atoms with Crippen LogP contribution in [0.15, 0.2) is 9.79 Å². The fourth-order valence-electron chi connectivity index (χ4n) is 3.60. The Balaban J connectivity index is 0.000000206. The highest BCUT2D eigenvalue weighted by atomic mass is 35.5. The van der Waals surface area contributed by atoms with Crippen LogP contribution < -0.4 is 10.6 Å². The minimum absolute atomic E-state index is 0.0218. The molecule has 2 aliphatic heterocycles. The lowest BCUT2D eigenvalue weighted by atomic mass is 10.0. The largest absolute Gasteiger partial charge is 0.394 e. The maximum Gasteiger partial charge on any atom is 0.224 e. The second kappa shape index (κ2) is 12.2. The van der Waals surface area contributed by atoms with Crippen molar-refractivity contribution in [3.8, 4) is 0 Å². The Morgan fingerprint density at radius 2 is 1.43 bits per heavy atom. The van der Waals surface area contributed by atoms with Gasteiger partial charge in [0.05, 0.1) is 52.4 Å². The summed E-state index contributed by atoms with van der Waals surface area (Å²) < 4.78 is 39.7. The van der Waals surface area contributed by atoms with E-state index in [0.29, 0.717) is 28.6 Å². The number of thioether (sulfide) groups is 1. The first-order valence-electron chi connectivity index (χ1n) is 11.5. The van der Waals surface area contributed by atoms with Gasteiger partial charge in [-0.2, -0.15) is 9.97 Å². The Morgan fingerprint density at radius 1 is 0.919 bits per heavy atom. The predicted molar refractivity (Wildman–Crippen MR) is 143 cm³/mol. The van der Waals surface area contributed by atoms with Crippen LogP contribution >= 0.6 is 35.0 Å². The number of fused-ring (bicyclic) bond motifs is 2. The lowest BCUT2D eigenvalue weighted by molar-refractivity contribution is 0.131. The van der Waals surface area contributed by atoms with Crippen LogP contribution in [0.2, 0.25) is 10.6 Å². The molecule has 0 radical (unpaired) electrons. The summed E-state index contributed by atoms with van der Waals surface area (Å²) in [5.41, 5.74) is -1.70. The maximum absolute atomic E-state index is 13.9. The molecule has 2 aromatic rings. The van der Waals surface area contributed by atoms with Gasteiger partial charge in [-0.05, 0) is 50.9 Å². The van der Waals surface area contributed by atoms with Crippen LogP contribution in [-0.4, -0.2) is 82.5 Å². The molecular weight excluding hydrogens is 569 g/mol. The molecule has 2 aromatic heterocycles. The third kappa shape index (κ3) is 7.60. The number of anilines is 2. The summed E-state index contributed by atoms with van der Waals surface area (Å²) in [4.78, 5) is 17.6. The van der Waals surface area contributed by atoms with Gasteiger partial charge in [-0.25, -0.2) is 18.7 Å². The first-order valence-corrected chi connectivity index (χ1v) is 14.6. The number of aryl methyl sites for hydroxylation is 2. The molecule has 0 saturated carbocycles. The third-order valence-corrected chi connectivity index (χ3v) is 8.72. The Morgan fingerprint density at radius 3 is 1.97 bits per heavy atom. The van der Waals surface area contributed by atoms with Crippen molar-refractivity contribution in [2.75, 3.05) is 35.4 Å². The molecule has 206 valence electrons. The predicted octanol–water partition coefficient (Wildman–Crippen LogP) is 3.61. The van der Waals surface area contributed by atoms with Crippen molar-refractivity contribution in [3.05, 3.63) is 22.0 Å². The lowest BCUT2D eigenvalue weighted by Gasteiger charge is -2.27. The van der Waals surface area contributed by atoms with Crippen LogP contribution in [0.1, 0.15) is 39.1 Å². The van der Waals surface area contributed by atoms with Gasteiger partial charge in [0, 0.05) is 24.3 Å². The summed E-state index contributed by atoms with van der Waals surface area (Å²) in [6.45, 7) is 4.80. The van der Waals surface area contributed by atoms with E-state index in [0.717, 1.165) is 22.8 Å². The molecule has 3 unspecified atom stereocenters. The van der Waals surface area contributed by atoms with Crippen LogP contribution in [0.4, 0.5) is 20.4 Å². The third-order valence-electron chi connectivity index (χ3n) is 5.80. The standard InChI is InChI=1S/C11H15ClFN3O2S.C11H15ClFN3OS/c1-11(2,13)7(5-17)15-9-8-6(3-4-19(8)18)14-10(12)16-9;1-11(2,13)7(5-17)15-9-8-6(3-4-18-8)14-10(12)16-9/h7,17H,3-5H2,1-2H3,(H,14,15,16);7,17H,3-5H2,1-2H3,(H,14,15,16). The molecule has 15 heteroatoms. The molecule has 0 saturated heterocycles. The quantitative estimate of drug-likeness (QED) is 0.334. The van der Waals surface area contributed by atoms with E-state index < -0.39 is 40.8 Å². The molecule has 0 fully saturated rings. The van der Waals surface area contributed by atoms with Gasteiger partial charge in [0.1, 0.15) is 27.9 Å². The van der Waals surface area contributed by atoms with E-state index in [1.165, 1.54) is 27.7 Å². The zero-order valence-electron chi connectivity index (χ0n) is 20.8. The summed E-state index contributed by atoms with van der Waals surface area (Å²) in [5, 5.41) is 24.4. The number of hydrogen-bond acceptors (Lipinski definition) is 10. The Kier molecular flexibility index (Phi) is 9.95. The van der Waals surface area contributed by atoms with Crippen molar-refractivity contribution in [3.63, 3.8) is 0 Å². The number of aliphatic hydroxyl groups excluding tert-OH is 2. The molecule has 0 bridgehead atoms. The number of nitrogens with zero attached hydrogens (tertiary/aromatic N) is 4. The van der Waals surface area contributed by atoms with Gasteiger partial charge >= 0.3 is 0 Å². The van der Waals surface area contributed by atoms with Crippen LogP contribution in [0.3, 0.4) is 0 Å². The van der Waals surface area contributed by atoms with Crippen molar-refractivity contribution in [2.24, 2.45) is 0 Å². The summed E-state index contributed by atoms with van der Waals surface area (Å²) in [5.74, 6) is 2.14. The summed E-state index contributed by atoms with van der Waals surface area (Å²) >= 11 is 13.3. The molecule has 4 heterocycles. The second-order valence-electron chi connectivity index (χ2n) is 9.52. The number of aliphatic hydroxyl groups is 2. The molecule has 0 aromatic carbocycles. The van der Waals surface area contributed by atoms with Crippen molar-refractivity contribution in [1.82, 2.24) is 19.9 Å². The average molecular weight is 600 g/mol. The van der Waals surface area contributed by atoms with Crippen LogP contribution in [0.25, 0.3) is 0 Å². The number of rotatable bonds is 8. The topological polar surface area (TPSA) is 133 Å². The van der Waals surface area contributed by atoms with E-state index in [-0.39, 0.29) is 23.0 Å². The molecule has 0 aliphatic carbocycles. The zero-order valence-corrected chi connectivity index (χ0v) is 24.0. The molecule has 3 atom stereocenters. The second-order valence-corrected chi connectivity index (χ2v) is 12.8. The van der Waals surface area contributed by atoms with Gasteiger partial charge in [-0.3, -0.25) is 4.21 Å². The summed E-state index contributed by atoms with van der Waals surface area (Å²) in [7, 11) is -1.21. The molecule has 0 spiro atoms. The number of aromatic nitrogens is 4. The van der Waals surface area contributed by atoms with Gasteiger partial charge in [0.2, 0.25) is 10.6 Å². The number of nitrogens with one attached hydrogen (secondary N) is 2. The van der Waals surface area contributed by atoms with Gasteiger partial charge in [-0.15, -0.1) is 11.8 Å². The van der Waals surface area contributed by atoms with E-state index >= 15 is 0 Å². The van der Waals surface area contributed by atoms with Gasteiger partial charge < -0.3 is 20.8 Å². The van der Waals surface area contributed by atoms with Crippen molar-refractivity contribution < 1.29 is 23.2 Å². The van der Waals surface area contributed by atoms with Crippen molar-refractivity contribution >= 4 is 57.4 Å². The van der Waals surface area contributed by atoms with E-state index in [9.17, 15) is 23.2 Å². The maximum atomic E-state index is 13.9. The van der Waals surface area contributed by atoms with E-state index in [1.807, 2.05) is 0 Å². The normalized spacial score (nSPS) is 18.4. The monoisotopic (exact) mass is 598 g/mol. The minimum Gasteiger partial charge on any atom is -0.394 e. The van der Waals surface area contributed by atoms with E-state index in [1.54, 1.807) is 11.8 Å². The van der Waals surface area contributed by atoms with E-state index in [4.69, 9.17) is 23.2 Å². The zero-order chi connectivity index (χ0) is 27.5. The first-order chi connectivity index (χ1) is 17.2. The highest BCUT2D eigenvalue weighted by molar-refractivity contribution is 7.99. The Labute approximate surface area is 231 Å². The van der Waals surface area contributed by atoms with Crippen LogP contribution in [-0.2, 0) is 23.6 Å². The molecule has 0 amide bonds. The molecule has 2 aliphatic rings. The summed E-state index contributed by atoms with van der Waals surface area (Å²) in [6, 6.07) is -1.59. The smallest absolute Gasteiger partial charge is 0.224 e. The number of hydrogen-bond donors (Lipinski definition) is 4. The van der Waals surface area contributed by atoms with Crippen LogP contribution in [0.5, 0.6) is 0 Å². The molecule has 4 N–H and O–H groups in total. The molecule has 4 rings (SSSR count). The number of alkyl halides is 2. The molecule has 9 nitrogen and oxygen atoms in total. The highest BCUT2D eigenvalue weighted by Gasteiger charge is 2.33. The fourth-order valence-corrected chi connectivity index (χ4v) is 6.34. The van der Waals surface area contributed by atoms with Gasteiger partial charge in [0.15, 0.2) is 0 Å². The average Bonchev–Trinajstić information content (AvgIpc) is 3.40. The van der Waals surface area contributed by atoms with Gasteiger partial charge in [-0.1, -0.05) is 0 Å². The minimum atomic E-state index is -1.65. The highest BCUT2D eigenvalue weighted by Crippen LogP contribution is 2.37. The SMILES string of the molecule is CC(C)(F)C(CO)Nc1nc(Cl)nc2c1S(=O)CC2.CC(C)(F)C(CO)Nc1nc(Cl)nc2c1SCC2. The fraction of sp³-hybridized carbons (Fsp3) is 0.636. The van der Waals surface area contributed by atoms with E-state index in [2.05, 4.69) is 30.6 Å². The molecular formula is C22H30Cl2F2N6O3S2. The van der Waals surface area contributed by atoms with Crippen LogP contribution in [0, 0.1) is 0 Å². The van der Waals surface area contributed by atoms with Crippen molar-refractivity contribution in [1.29, 1.82) is 0 Å². The Hall–Kier alpha value is -1.38. The summed E-state index contributed by atoms with van der Waals surface area (Å²) in [6.07, 6.45) is 1.39. The Bertz CT molecular complexity index is 1150.